The fraction of sp³-hybridized carbons (Fsp3) is 1.00. The molecule has 0 aromatic rings. The van der Waals surface area contributed by atoms with E-state index in [9.17, 15) is 5.11 Å². The van der Waals surface area contributed by atoms with Gasteiger partial charge in [-0.25, -0.2) is 0 Å². The van der Waals surface area contributed by atoms with Gasteiger partial charge in [0.05, 0.1) is 0 Å². The van der Waals surface area contributed by atoms with Gasteiger partial charge in [-0.3, -0.25) is 0 Å². The summed E-state index contributed by atoms with van der Waals surface area (Å²) in [5.41, 5.74) is 0.620. The van der Waals surface area contributed by atoms with Crippen LogP contribution in [0.3, 0.4) is 0 Å². The molecule has 2 rings (SSSR count). The lowest BCUT2D eigenvalue weighted by atomic mass is 9.71. The van der Waals surface area contributed by atoms with Crippen LogP contribution in [-0.2, 0) is 0 Å². The van der Waals surface area contributed by atoms with Gasteiger partial charge in [-0.2, -0.15) is 0 Å². The lowest BCUT2D eigenvalue weighted by molar-refractivity contribution is 0.0647. The minimum atomic E-state index is 0.186. The molecule has 0 radical (unpaired) electrons. The molecule has 2 saturated carbocycles. The Labute approximate surface area is 113 Å². The third-order valence-corrected chi connectivity index (χ3v) is 5.48. The summed E-state index contributed by atoms with van der Waals surface area (Å²) in [6.07, 6.45) is 11.8. The standard InChI is InChI=1S/C16H31NO/c1-15(2)9-7-4-8-14(15)17-12-16(13-18)10-5-3-6-11-16/h14,17-18H,3-13H2,1-2H3. The molecule has 18 heavy (non-hydrogen) atoms. The summed E-state index contributed by atoms with van der Waals surface area (Å²) in [6, 6.07) is 0.650. The minimum absolute atomic E-state index is 0.186. The topological polar surface area (TPSA) is 32.3 Å². The molecular weight excluding hydrogens is 222 g/mol. The Morgan fingerprint density at radius 3 is 2.28 bits per heavy atom. The van der Waals surface area contributed by atoms with Gasteiger partial charge in [0, 0.05) is 24.6 Å². The normalized spacial score (nSPS) is 31.2. The quantitative estimate of drug-likeness (QED) is 0.804. The van der Waals surface area contributed by atoms with Crippen LogP contribution >= 0.6 is 0 Å². The highest BCUT2D eigenvalue weighted by Crippen LogP contribution is 2.38. The van der Waals surface area contributed by atoms with Crippen LogP contribution in [0.15, 0.2) is 0 Å². The smallest absolute Gasteiger partial charge is 0.0499 e. The van der Waals surface area contributed by atoms with Crippen LogP contribution in [0.4, 0.5) is 0 Å². The minimum Gasteiger partial charge on any atom is -0.396 e. The first-order valence-electron chi connectivity index (χ1n) is 7.92. The van der Waals surface area contributed by atoms with E-state index < -0.39 is 0 Å². The summed E-state index contributed by atoms with van der Waals surface area (Å²) in [6.45, 7) is 6.19. The first-order valence-corrected chi connectivity index (χ1v) is 7.92. The van der Waals surface area contributed by atoms with Gasteiger partial charge < -0.3 is 10.4 Å². The summed E-state index contributed by atoms with van der Waals surface area (Å²) in [5, 5.41) is 13.6. The van der Waals surface area contributed by atoms with E-state index in [0.717, 1.165) is 6.54 Å². The van der Waals surface area contributed by atoms with Crippen LogP contribution in [0.1, 0.15) is 71.6 Å². The van der Waals surface area contributed by atoms with Gasteiger partial charge in [0.15, 0.2) is 0 Å². The third kappa shape index (κ3) is 3.27. The summed E-state index contributed by atoms with van der Waals surface area (Å²) in [7, 11) is 0. The lowest BCUT2D eigenvalue weighted by Crippen LogP contribution is -2.49. The van der Waals surface area contributed by atoms with Crippen LogP contribution < -0.4 is 5.32 Å². The second-order valence-corrected chi connectivity index (χ2v) is 7.39. The number of hydrogen-bond acceptors (Lipinski definition) is 2. The Balaban J connectivity index is 1.88. The molecule has 2 aliphatic carbocycles. The van der Waals surface area contributed by atoms with E-state index in [2.05, 4.69) is 19.2 Å². The van der Waals surface area contributed by atoms with Crippen molar-refractivity contribution in [1.82, 2.24) is 5.32 Å². The van der Waals surface area contributed by atoms with Crippen LogP contribution in [-0.4, -0.2) is 24.3 Å². The average Bonchev–Trinajstić information content (AvgIpc) is 2.38. The molecule has 106 valence electrons. The van der Waals surface area contributed by atoms with Crippen molar-refractivity contribution in [3.63, 3.8) is 0 Å². The molecule has 0 aliphatic heterocycles. The van der Waals surface area contributed by atoms with E-state index in [0.29, 0.717) is 18.1 Å². The first-order chi connectivity index (χ1) is 8.58. The highest BCUT2D eigenvalue weighted by molar-refractivity contribution is 4.91. The summed E-state index contributed by atoms with van der Waals surface area (Å²) >= 11 is 0. The second-order valence-electron chi connectivity index (χ2n) is 7.39. The number of hydrogen-bond donors (Lipinski definition) is 2. The van der Waals surface area contributed by atoms with Crippen molar-refractivity contribution in [3.8, 4) is 0 Å². The molecule has 0 saturated heterocycles. The number of aliphatic hydroxyl groups is 1. The van der Waals surface area contributed by atoms with Gasteiger partial charge in [0.2, 0.25) is 0 Å². The zero-order valence-electron chi connectivity index (χ0n) is 12.3. The zero-order valence-corrected chi connectivity index (χ0v) is 12.3. The van der Waals surface area contributed by atoms with Gasteiger partial charge in [0.25, 0.3) is 0 Å². The maximum absolute atomic E-state index is 9.76. The van der Waals surface area contributed by atoms with E-state index in [1.54, 1.807) is 0 Å². The molecule has 2 fully saturated rings. The molecule has 0 aromatic carbocycles. The molecule has 2 heteroatoms. The fourth-order valence-electron chi connectivity index (χ4n) is 3.90. The zero-order chi connectivity index (χ0) is 13.1. The van der Waals surface area contributed by atoms with Gasteiger partial charge in [-0.1, -0.05) is 46.0 Å². The number of nitrogens with one attached hydrogen (secondary N) is 1. The van der Waals surface area contributed by atoms with Crippen LogP contribution in [0.5, 0.6) is 0 Å². The van der Waals surface area contributed by atoms with E-state index in [4.69, 9.17) is 0 Å². The fourth-order valence-corrected chi connectivity index (χ4v) is 3.90. The van der Waals surface area contributed by atoms with E-state index in [1.165, 1.54) is 57.8 Å². The molecule has 2 aliphatic rings. The molecule has 0 amide bonds. The van der Waals surface area contributed by atoms with Crippen molar-refractivity contribution in [2.45, 2.75) is 77.7 Å². The Morgan fingerprint density at radius 1 is 1.00 bits per heavy atom. The summed E-state index contributed by atoms with van der Waals surface area (Å²) < 4.78 is 0. The first kappa shape index (κ1) is 14.3. The molecule has 2 nitrogen and oxygen atoms in total. The molecular formula is C16H31NO. The molecule has 0 aromatic heterocycles. The van der Waals surface area contributed by atoms with Crippen molar-refractivity contribution in [1.29, 1.82) is 0 Å². The SMILES string of the molecule is CC1(C)CCCCC1NCC1(CO)CCCCC1. The maximum atomic E-state index is 9.76. The molecule has 1 atom stereocenters. The second kappa shape index (κ2) is 5.92. The van der Waals surface area contributed by atoms with Gasteiger partial charge in [0.1, 0.15) is 0 Å². The van der Waals surface area contributed by atoms with Crippen molar-refractivity contribution in [2.75, 3.05) is 13.2 Å². The monoisotopic (exact) mass is 253 g/mol. The van der Waals surface area contributed by atoms with E-state index >= 15 is 0 Å². The van der Waals surface area contributed by atoms with Crippen LogP contribution in [0.2, 0.25) is 0 Å². The molecule has 1 unspecified atom stereocenters. The molecule has 2 N–H and O–H groups in total. The number of rotatable bonds is 4. The highest BCUT2D eigenvalue weighted by atomic mass is 16.3. The Kier molecular flexibility index (Phi) is 4.71. The maximum Gasteiger partial charge on any atom is 0.0499 e. The van der Waals surface area contributed by atoms with Gasteiger partial charge in [-0.15, -0.1) is 0 Å². The average molecular weight is 253 g/mol. The van der Waals surface area contributed by atoms with Gasteiger partial charge in [-0.05, 0) is 31.1 Å². The number of aliphatic hydroxyl groups excluding tert-OH is 1. The van der Waals surface area contributed by atoms with E-state index in [-0.39, 0.29) is 5.41 Å². The Morgan fingerprint density at radius 2 is 1.67 bits per heavy atom. The molecule has 0 heterocycles. The van der Waals surface area contributed by atoms with Crippen molar-refractivity contribution < 1.29 is 5.11 Å². The Bertz CT molecular complexity index is 256. The van der Waals surface area contributed by atoms with Crippen molar-refractivity contribution >= 4 is 0 Å². The largest absolute Gasteiger partial charge is 0.396 e. The van der Waals surface area contributed by atoms with Gasteiger partial charge >= 0.3 is 0 Å². The highest BCUT2D eigenvalue weighted by Gasteiger charge is 2.36. The molecule has 0 spiro atoms. The van der Waals surface area contributed by atoms with E-state index in [1.807, 2.05) is 0 Å². The predicted molar refractivity (Wildman–Crippen MR) is 76.6 cm³/mol. The van der Waals surface area contributed by atoms with Crippen molar-refractivity contribution in [2.24, 2.45) is 10.8 Å². The van der Waals surface area contributed by atoms with Crippen molar-refractivity contribution in [3.05, 3.63) is 0 Å². The Hall–Kier alpha value is -0.0800. The third-order valence-electron chi connectivity index (χ3n) is 5.48. The van der Waals surface area contributed by atoms with Crippen LogP contribution in [0.25, 0.3) is 0 Å². The van der Waals surface area contributed by atoms with Crippen LogP contribution in [0, 0.1) is 10.8 Å². The lowest BCUT2D eigenvalue weighted by Gasteiger charge is -2.43. The molecule has 0 bridgehead atoms. The summed E-state index contributed by atoms with van der Waals surface area (Å²) in [5.74, 6) is 0. The summed E-state index contributed by atoms with van der Waals surface area (Å²) in [4.78, 5) is 0. The predicted octanol–water partition coefficient (Wildman–Crippen LogP) is 3.49.